The normalized spacial score (nSPS) is 12.0. The predicted molar refractivity (Wildman–Crippen MR) is 95.6 cm³/mol. The lowest BCUT2D eigenvalue weighted by atomic mass is 10.1. The van der Waals surface area contributed by atoms with E-state index in [9.17, 15) is 0 Å². The first-order chi connectivity index (χ1) is 11.1. The fourth-order valence-electron chi connectivity index (χ4n) is 2.76. The molecule has 2 rings (SSSR count). The molecule has 1 atom stereocenters. The summed E-state index contributed by atoms with van der Waals surface area (Å²) in [5.74, 6) is 1.56. The van der Waals surface area contributed by atoms with Gasteiger partial charge in [-0.25, -0.2) is 0 Å². The molecule has 0 aliphatic carbocycles. The number of rotatable bonds is 8. The van der Waals surface area contributed by atoms with Crippen molar-refractivity contribution in [2.45, 2.75) is 32.7 Å². The van der Waals surface area contributed by atoms with Gasteiger partial charge in [-0.2, -0.15) is 0 Å². The molecule has 0 radical (unpaired) electrons. The van der Waals surface area contributed by atoms with E-state index in [1.54, 1.807) is 14.2 Å². The van der Waals surface area contributed by atoms with Gasteiger partial charge in [-0.3, -0.25) is 0 Å². The highest BCUT2D eigenvalue weighted by molar-refractivity contribution is 5.43. The second-order valence-corrected chi connectivity index (χ2v) is 5.99. The van der Waals surface area contributed by atoms with Crippen molar-refractivity contribution in [3.05, 3.63) is 59.2 Å². The number of hydrogen-bond acceptors (Lipinski definition) is 3. The van der Waals surface area contributed by atoms with Crippen LogP contribution in [0.5, 0.6) is 11.5 Å². The lowest BCUT2D eigenvalue weighted by Crippen LogP contribution is -2.30. The minimum absolute atomic E-state index is 0.415. The summed E-state index contributed by atoms with van der Waals surface area (Å²) >= 11 is 0. The lowest BCUT2D eigenvalue weighted by Gasteiger charge is -2.15. The van der Waals surface area contributed by atoms with Crippen molar-refractivity contribution in [3.63, 3.8) is 0 Å². The molecule has 23 heavy (non-hydrogen) atoms. The third-order valence-corrected chi connectivity index (χ3v) is 3.98. The Labute approximate surface area is 139 Å². The fraction of sp³-hybridized carbons (Fsp3) is 0.400. The van der Waals surface area contributed by atoms with Crippen LogP contribution in [0, 0.1) is 6.92 Å². The van der Waals surface area contributed by atoms with Crippen LogP contribution in [0.2, 0.25) is 0 Å². The molecule has 0 saturated carbocycles. The van der Waals surface area contributed by atoms with Gasteiger partial charge >= 0.3 is 0 Å². The number of benzene rings is 2. The molecule has 0 bridgehead atoms. The van der Waals surface area contributed by atoms with Gasteiger partial charge in [0.25, 0.3) is 0 Å². The van der Waals surface area contributed by atoms with E-state index in [1.807, 2.05) is 6.07 Å². The molecule has 124 valence electrons. The molecule has 0 heterocycles. The van der Waals surface area contributed by atoms with Gasteiger partial charge in [-0.1, -0.05) is 35.9 Å². The summed E-state index contributed by atoms with van der Waals surface area (Å²) in [5, 5.41) is 3.59. The maximum atomic E-state index is 5.36. The molecule has 0 spiro atoms. The Hall–Kier alpha value is -2.00. The largest absolute Gasteiger partial charge is 0.493 e. The summed E-state index contributed by atoms with van der Waals surface area (Å²) in [6.07, 6.45) is 2.02. The zero-order chi connectivity index (χ0) is 16.7. The average molecular weight is 313 g/mol. The first kappa shape index (κ1) is 17.4. The van der Waals surface area contributed by atoms with Crippen LogP contribution >= 0.6 is 0 Å². The lowest BCUT2D eigenvalue weighted by molar-refractivity contribution is 0.354. The van der Waals surface area contributed by atoms with Crippen molar-refractivity contribution >= 4 is 0 Å². The third kappa shape index (κ3) is 5.29. The first-order valence-corrected chi connectivity index (χ1v) is 8.12. The van der Waals surface area contributed by atoms with E-state index in [4.69, 9.17) is 9.47 Å². The van der Waals surface area contributed by atoms with Crippen LogP contribution in [0.25, 0.3) is 0 Å². The van der Waals surface area contributed by atoms with Gasteiger partial charge in [0.1, 0.15) is 0 Å². The second kappa shape index (κ2) is 8.59. The van der Waals surface area contributed by atoms with Crippen molar-refractivity contribution in [1.82, 2.24) is 5.32 Å². The molecule has 0 aromatic heterocycles. The summed E-state index contributed by atoms with van der Waals surface area (Å²) in [4.78, 5) is 0. The van der Waals surface area contributed by atoms with E-state index in [2.05, 4.69) is 55.6 Å². The van der Waals surface area contributed by atoms with Gasteiger partial charge < -0.3 is 14.8 Å². The SMILES string of the molecule is COc1ccc(CC(C)NCCc2cccc(C)c2)cc1OC. The van der Waals surface area contributed by atoms with Crippen molar-refractivity contribution < 1.29 is 9.47 Å². The van der Waals surface area contributed by atoms with E-state index >= 15 is 0 Å². The van der Waals surface area contributed by atoms with Crippen LogP contribution in [-0.2, 0) is 12.8 Å². The van der Waals surface area contributed by atoms with Crippen LogP contribution in [0.3, 0.4) is 0 Å². The third-order valence-electron chi connectivity index (χ3n) is 3.98. The Morgan fingerprint density at radius 2 is 1.74 bits per heavy atom. The Balaban J connectivity index is 1.83. The van der Waals surface area contributed by atoms with Gasteiger partial charge in [0.2, 0.25) is 0 Å². The topological polar surface area (TPSA) is 30.5 Å². The van der Waals surface area contributed by atoms with E-state index in [0.717, 1.165) is 30.9 Å². The van der Waals surface area contributed by atoms with Crippen molar-refractivity contribution in [2.75, 3.05) is 20.8 Å². The molecule has 0 amide bonds. The van der Waals surface area contributed by atoms with E-state index in [1.165, 1.54) is 16.7 Å². The summed E-state index contributed by atoms with van der Waals surface area (Å²) < 4.78 is 10.6. The molecule has 2 aromatic carbocycles. The highest BCUT2D eigenvalue weighted by Crippen LogP contribution is 2.27. The van der Waals surface area contributed by atoms with E-state index in [0.29, 0.717) is 6.04 Å². The number of nitrogens with one attached hydrogen (secondary N) is 1. The Bertz CT molecular complexity index is 625. The summed E-state index contributed by atoms with van der Waals surface area (Å²) in [7, 11) is 3.33. The van der Waals surface area contributed by atoms with Gasteiger partial charge in [0.15, 0.2) is 11.5 Å². The summed E-state index contributed by atoms with van der Waals surface area (Å²) in [5.41, 5.74) is 3.95. The fourth-order valence-corrected chi connectivity index (χ4v) is 2.76. The maximum absolute atomic E-state index is 5.36. The quantitative estimate of drug-likeness (QED) is 0.804. The van der Waals surface area contributed by atoms with Crippen LogP contribution in [-0.4, -0.2) is 26.8 Å². The number of methoxy groups -OCH3 is 2. The van der Waals surface area contributed by atoms with Crippen LogP contribution in [0.4, 0.5) is 0 Å². The Kier molecular flexibility index (Phi) is 6.48. The van der Waals surface area contributed by atoms with Crippen molar-refractivity contribution in [2.24, 2.45) is 0 Å². The molecule has 0 aliphatic rings. The van der Waals surface area contributed by atoms with Crippen LogP contribution in [0.1, 0.15) is 23.6 Å². The van der Waals surface area contributed by atoms with Gasteiger partial charge in [-0.05, 0) is 56.5 Å². The molecule has 1 N–H and O–H groups in total. The smallest absolute Gasteiger partial charge is 0.160 e. The number of ether oxygens (including phenoxy) is 2. The zero-order valence-corrected chi connectivity index (χ0v) is 14.6. The Morgan fingerprint density at radius 1 is 0.957 bits per heavy atom. The van der Waals surface area contributed by atoms with E-state index in [-0.39, 0.29) is 0 Å². The van der Waals surface area contributed by atoms with Crippen molar-refractivity contribution in [3.8, 4) is 11.5 Å². The molecule has 3 nitrogen and oxygen atoms in total. The van der Waals surface area contributed by atoms with Gasteiger partial charge in [0.05, 0.1) is 14.2 Å². The molecule has 1 unspecified atom stereocenters. The Morgan fingerprint density at radius 3 is 2.43 bits per heavy atom. The summed E-state index contributed by atoms with van der Waals surface area (Å²) in [6, 6.07) is 15.2. The molecule has 3 heteroatoms. The summed E-state index contributed by atoms with van der Waals surface area (Å²) in [6.45, 7) is 5.33. The maximum Gasteiger partial charge on any atom is 0.160 e. The van der Waals surface area contributed by atoms with Gasteiger partial charge in [0, 0.05) is 6.04 Å². The standard InChI is InChI=1S/C20H27NO2/c1-15-6-5-7-17(12-15)10-11-21-16(2)13-18-8-9-19(22-3)20(14-18)23-4/h5-9,12,14,16,21H,10-11,13H2,1-4H3. The van der Waals surface area contributed by atoms with Crippen molar-refractivity contribution in [1.29, 1.82) is 0 Å². The number of aryl methyl sites for hydroxylation is 1. The van der Waals surface area contributed by atoms with Crippen LogP contribution in [0.15, 0.2) is 42.5 Å². The van der Waals surface area contributed by atoms with Crippen LogP contribution < -0.4 is 14.8 Å². The highest BCUT2D eigenvalue weighted by atomic mass is 16.5. The predicted octanol–water partition coefficient (Wildman–Crippen LogP) is 3.78. The molecule has 0 saturated heterocycles. The first-order valence-electron chi connectivity index (χ1n) is 8.12. The average Bonchev–Trinajstić information content (AvgIpc) is 2.54. The monoisotopic (exact) mass is 313 g/mol. The van der Waals surface area contributed by atoms with E-state index < -0.39 is 0 Å². The van der Waals surface area contributed by atoms with Gasteiger partial charge in [-0.15, -0.1) is 0 Å². The zero-order valence-electron chi connectivity index (χ0n) is 14.6. The highest BCUT2D eigenvalue weighted by Gasteiger charge is 2.08. The molecule has 0 aliphatic heterocycles. The molecule has 2 aromatic rings. The molecular formula is C20H27NO2. The minimum atomic E-state index is 0.415. The molecular weight excluding hydrogens is 286 g/mol. The number of hydrogen-bond donors (Lipinski definition) is 1. The minimum Gasteiger partial charge on any atom is -0.493 e. The molecule has 0 fully saturated rings. The second-order valence-electron chi connectivity index (χ2n) is 5.99.